The van der Waals surface area contributed by atoms with Crippen LogP contribution in [0.1, 0.15) is 23.2 Å². The summed E-state index contributed by atoms with van der Waals surface area (Å²) in [7, 11) is 0. The van der Waals surface area contributed by atoms with Gasteiger partial charge >= 0.3 is 0 Å². The van der Waals surface area contributed by atoms with Crippen molar-refractivity contribution in [2.75, 3.05) is 13.2 Å². The number of halogens is 1. The van der Waals surface area contributed by atoms with Crippen LogP contribution in [0.3, 0.4) is 0 Å². The molecule has 92 valence electrons. The molecule has 17 heavy (non-hydrogen) atoms. The van der Waals surface area contributed by atoms with Crippen molar-refractivity contribution in [3.8, 4) is 0 Å². The van der Waals surface area contributed by atoms with Crippen LogP contribution in [0.4, 0.5) is 0 Å². The van der Waals surface area contributed by atoms with E-state index < -0.39 is 0 Å². The molecule has 0 aliphatic heterocycles. The van der Waals surface area contributed by atoms with E-state index in [2.05, 4.69) is 23.8 Å². The summed E-state index contributed by atoms with van der Waals surface area (Å²) in [5, 5.41) is 1.55. The lowest BCUT2D eigenvalue weighted by atomic mass is 10.2. The summed E-state index contributed by atoms with van der Waals surface area (Å²) >= 11 is 7.88. The molecule has 0 unspecified atom stereocenters. The predicted molar refractivity (Wildman–Crippen MR) is 72.1 cm³/mol. The van der Waals surface area contributed by atoms with E-state index in [9.17, 15) is 0 Å². The third-order valence-corrected chi connectivity index (χ3v) is 4.08. The molecule has 0 saturated carbocycles. The average Bonchev–Trinajstić information content (AvgIpc) is 2.55. The number of aryl methyl sites for hydroxylation is 2. The zero-order valence-corrected chi connectivity index (χ0v) is 11.8. The molecule has 2 aromatic heterocycles. The van der Waals surface area contributed by atoms with Gasteiger partial charge in [0.15, 0.2) is 0 Å². The largest absolute Gasteiger partial charge is 0.381 e. The van der Waals surface area contributed by atoms with Crippen LogP contribution in [0.15, 0.2) is 0 Å². The zero-order valence-electron chi connectivity index (χ0n) is 10.2. The third kappa shape index (κ3) is 2.59. The Labute approximate surface area is 110 Å². The van der Waals surface area contributed by atoms with Crippen molar-refractivity contribution in [1.82, 2.24) is 9.97 Å². The average molecular weight is 271 g/mol. The first-order valence-electron chi connectivity index (χ1n) is 5.63. The maximum absolute atomic E-state index is 6.21. The van der Waals surface area contributed by atoms with Gasteiger partial charge in [-0.2, -0.15) is 0 Å². The fourth-order valence-electron chi connectivity index (χ4n) is 1.66. The van der Waals surface area contributed by atoms with Gasteiger partial charge in [0.2, 0.25) is 0 Å². The van der Waals surface area contributed by atoms with Crippen molar-refractivity contribution in [2.45, 2.75) is 27.2 Å². The van der Waals surface area contributed by atoms with Crippen molar-refractivity contribution in [2.24, 2.45) is 0 Å². The second-order valence-corrected chi connectivity index (χ2v) is 5.40. The maximum atomic E-state index is 6.21. The molecule has 3 nitrogen and oxygen atoms in total. The molecule has 0 bridgehead atoms. The minimum atomic E-state index is 0.559. The van der Waals surface area contributed by atoms with Crippen molar-refractivity contribution in [3.05, 3.63) is 21.4 Å². The molecule has 0 N–H and O–H groups in total. The van der Waals surface area contributed by atoms with E-state index >= 15 is 0 Å². The van der Waals surface area contributed by atoms with Crippen LogP contribution in [0.5, 0.6) is 0 Å². The van der Waals surface area contributed by atoms with E-state index in [1.165, 1.54) is 10.4 Å². The van der Waals surface area contributed by atoms with Crippen LogP contribution < -0.4 is 0 Å². The Hall–Kier alpha value is -0.710. The van der Waals surface area contributed by atoms with Crippen LogP contribution in [0, 0.1) is 13.8 Å². The van der Waals surface area contributed by atoms with Gasteiger partial charge in [-0.3, -0.25) is 0 Å². The molecular weight excluding hydrogens is 256 g/mol. The molecule has 0 aliphatic carbocycles. The topological polar surface area (TPSA) is 35.0 Å². The molecule has 0 saturated heterocycles. The second kappa shape index (κ2) is 5.29. The number of hydrogen-bond acceptors (Lipinski definition) is 4. The van der Waals surface area contributed by atoms with E-state index in [1.54, 1.807) is 11.3 Å². The number of nitrogens with zero attached hydrogens (tertiary/aromatic N) is 2. The fraction of sp³-hybridized carbons (Fsp3) is 0.500. The molecular formula is C12H15ClN2OS. The Bertz CT molecular complexity index is 539. The fourth-order valence-corrected chi connectivity index (χ4v) is 3.09. The number of ether oxygens (including phenoxy) is 1. The summed E-state index contributed by atoms with van der Waals surface area (Å²) in [4.78, 5) is 11.1. The lowest BCUT2D eigenvalue weighted by molar-refractivity contribution is 0.149. The van der Waals surface area contributed by atoms with Crippen LogP contribution in [-0.2, 0) is 11.2 Å². The van der Waals surface area contributed by atoms with Gasteiger partial charge in [0.1, 0.15) is 15.8 Å². The summed E-state index contributed by atoms with van der Waals surface area (Å²) in [5.41, 5.74) is 1.19. The van der Waals surface area contributed by atoms with Crippen molar-refractivity contribution >= 4 is 33.2 Å². The molecule has 0 fully saturated rings. The second-order valence-electron chi connectivity index (χ2n) is 3.84. The summed E-state index contributed by atoms with van der Waals surface area (Å²) in [5.74, 6) is 0.761. The van der Waals surface area contributed by atoms with E-state index in [1.807, 2.05) is 6.92 Å². The number of fused-ring (bicyclic) bond motifs is 1. The molecule has 0 radical (unpaired) electrons. The molecule has 0 atom stereocenters. The van der Waals surface area contributed by atoms with E-state index in [0.29, 0.717) is 24.8 Å². The molecule has 2 heterocycles. The lowest BCUT2D eigenvalue weighted by Gasteiger charge is -2.02. The summed E-state index contributed by atoms with van der Waals surface area (Å²) in [6.45, 7) is 7.47. The normalized spacial score (nSPS) is 11.3. The molecule has 0 aromatic carbocycles. The summed E-state index contributed by atoms with van der Waals surface area (Å²) in [6, 6.07) is 0. The summed E-state index contributed by atoms with van der Waals surface area (Å²) < 4.78 is 5.30. The molecule has 0 amide bonds. The summed E-state index contributed by atoms with van der Waals surface area (Å²) in [6.07, 6.45) is 0.708. The van der Waals surface area contributed by atoms with Crippen LogP contribution in [0.2, 0.25) is 5.15 Å². The first kappa shape index (κ1) is 12.7. The van der Waals surface area contributed by atoms with Gasteiger partial charge in [-0.15, -0.1) is 11.3 Å². The van der Waals surface area contributed by atoms with Gasteiger partial charge in [0.05, 0.1) is 12.0 Å². The molecule has 5 heteroatoms. The number of aromatic nitrogens is 2. The Morgan fingerprint density at radius 2 is 2.06 bits per heavy atom. The van der Waals surface area contributed by atoms with Crippen LogP contribution in [-0.4, -0.2) is 23.2 Å². The minimum Gasteiger partial charge on any atom is -0.381 e. The smallest absolute Gasteiger partial charge is 0.141 e. The van der Waals surface area contributed by atoms with E-state index in [0.717, 1.165) is 16.0 Å². The first-order chi connectivity index (χ1) is 8.13. The quantitative estimate of drug-likeness (QED) is 0.630. The number of thiophene rings is 1. The van der Waals surface area contributed by atoms with Crippen molar-refractivity contribution in [1.29, 1.82) is 0 Å². The SMILES string of the molecule is CCOCCc1nc(Cl)c2c(C)c(C)sc2n1. The monoisotopic (exact) mass is 270 g/mol. The van der Waals surface area contributed by atoms with E-state index in [-0.39, 0.29) is 0 Å². The van der Waals surface area contributed by atoms with Crippen LogP contribution >= 0.6 is 22.9 Å². The van der Waals surface area contributed by atoms with Crippen molar-refractivity contribution < 1.29 is 4.74 Å². The Balaban J connectivity index is 2.35. The predicted octanol–water partition coefficient (Wildman–Crippen LogP) is 3.54. The van der Waals surface area contributed by atoms with Crippen molar-refractivity contribution in [3.63, 3.8) is 0 Å². The van der Waals surface area contributed by atoms with Gasteiger partial charge in [0.25, 0.3) is 0 Å². The molecule has 0 spiro atoms. The minimum absolute atomic E-state index is 0.559. The highest BCUT2D eigenvalue weighted by Gasteiger charge is 2.12. The zero-order chi connectivity index (χ0) is 12.4. The highest BCUT2D eigenvalue weighted by molar-refractivity contribution is 7.18. The lowest BCUT2D eigenvalue weighted by Crippen LogP contribution is -2.02. The molecule has 2 aromatic rings. The Kier molecular flexibility index (Phi) is 3.97. The number of rotatable bonds is 4. The standard InChI is InChI=1S/C12H15ClN2OS/c1-4-16-6-5-9-14-11(13)10-7(2)8(3)17-12(10)15-9/h4-6H2,1-3H3. The van der Waals surface area contributed by atoms with Gasteiger partial charge in [0, 0.05) is 17.9 Å². The molecule has 2 rings (SSSR count). The van der Waals surface area contributed by atoms with Gasteiger partial charge in [-0.1, -0.05) is 11.6 Å². The maximum Gasteiger partial charge on any atom is 0.141 e. The van der Waals surface area contributed by atoms with Gasteiger partial charge < -0.3 is 4.74 Å². The van der Waals surface area contributed by atoms with Gasteiger partial charge in [-0.05, 0) is 26.3 Å². The van der Waals surface area contributed by atoms with Gasteiger partial charge in [-0.25, -0.2) is 9.97 Å². The Morgan fingerprint density at radius 1 is 1.29 bits per heavy atom. The highest BCUT2D eigenvalue weighted by atomic mass is 35.5. The number of hydrogen-bond donors (Lipinski definition) is 0. The third-order valence-electron chi connectivity index (χ3n) is 2.70. The highest BCUT2D eigenvalue weighted by Crippen LogP contribution is 2.32. The molecule has 0 aliphatic rings. The Morgan fingerprint density at radius 3 is 2.76 bits per heavy atom. The first-order valence-corrected chi connectivity index (χ1v) is 6.82. The van der Waals surface area contributed by atoms with E-state index in [4.69, 9.17) is 16.3 Å². The van der Waals surface area contributed by atoms with Crippen LogP contribution in [0.25, 0.3) is 10.2 Å².